The number of benzene rings is 1. The molecule has 0 aliphatic rings. The largest absolute Gasteiger partial charge is 0.271 e. The summed E-state index contributed by atoms with van der Waals surface area (Å²) in [6.07, 6.45) is 2.78. The third-order valence-electron chi connectivity index (χ3n) is 2.89. The molecule has 1 aromatic carbocycles. The predicted molar refractivity (Wildman–Crippen MR) is 71.8 cm³/mol. The minimum absolute atomic E-state index is 0.149. The number of hydrogen-bond acceptors (Lipinski definition) is 4. The van der Waals surface area contributed by atoms with Gasteiger partial charge < -0.3 is 0 Å². The van der Waals surface area contributed by atoms with Crippen molar-refractivity contribution >= 4 is 11.3 Å². The highest BCUT2D eigenvalue weighted by atomic mass is 32.1. The van der Waals surface area contributed by atoms with Crippen LogP contribution < -0.4 is 11.3 Å². The molecular weight excluding hydrogens is 230 g/mol. The summed E-state index contributed by atoms with van der Waals surface area (Å²) in [7, 11) is 0. The third-order valence-corrected chi connectivity index (χ3v) is 3.69. The molecular formula is C13H17N3S. The number of hydrazine groups is 1. The van der Waals surface area contributed by atoms with E-state index in [1.807, 2.05) is 11.7 Å². The van der Waals surface area contributed by atoms with Gasteiger partial charge in [-0.1, -0.05) is 23.8 Å². The van der Waals surface area contributed by atoms with Crippen molar-refractivity contribution in [3.63, 3.8) is 0 Å². The molecule has 90 valence electrons. The molecule has 0 spiro atoms. The third kappa shape index (κ3) is 2.91. The van der Waals surface area contributed by atoms with Crippen LogP contribution in [0.4, 0.5) is 0 Å². The minimum atomic E-state index is 0.149. The summed E-state index contributed by atoms with van der Waals surface area (Å²) >= 11 is 1.66. The molecule has 0 saturated carbocycles. The highest BCUT2D eigenvalue weighted by Gasteiger charge is 2.13. The number of rotatable bonds is 4. The summed E-state index contributed by atoms with van der Waals surface area (Å²) in [6, 6.07) is 6.61. The van der Waals surface area contributed by atoms with Crippen LogP contribution in [0.25, 0.3) is 0 Å². The van der Waals surface area contributed by atoms with Crippen LogP contribution in [-0.2, 0) is 6.42 Å². The van der Waals surface area contributed by atoms with Crippen LogP contribution in [0.3, 0.4) is 0 Å². The Kier molecular flexibility index (Phi) is 3.89. The number of nitrogens with two attached hydrogens (primary N) is 1. The Hall–Kier alpha value is -1.23. The van der Waals surface area contributed by atoms with Gasteiger partial charge in [-0.2, -0.15) is 0 Å². The molecule has 4 heteroatoms. The van der Waals surface area contributed by atoms with Crippen LogP contribution in [0.5, 0.6) is 0 Å². The Labute approximate surface area is 106 Å². The molecule has 1 heterocycles. The normalized spacial score (nSPS) is 12.6. The fraction of sp³-hybridized carbons (Fsp3) is 0.308. The van der Waals surface area contributed by atoms with E-state index < -0.39 is 0 Å². The van der Waals surface area contributed by atoms with Gasteiger partial charge in [-0.3, -0.25) is 16.3 Å². The summed E-state index contributed by atoms with van der Waals surface area (Å²) < 4.78 is 0. The summed E-state index contributed by atoms with van der Waals surface area (Å²) in [5, 5.41) is 0. The van der Waals surface area contributed by atoms with Crippen molar-refractivity contribution in [2.75, 3.05) is 0 Å². The fourth-order valence-electron chi connectivity index (χ4n) is 2.02. The molecule has 0 radical (unpaired) electrons. The summed E-state index contributed by atoms with van der Waals surface area (Å²) in [6.45, 7) is 4.23. The topological polar surface area (TPSA) is 50.9 Å². The molecule has 1 atom stereocenters. The first-order valence-electron chi connectivity index (χ1n) is 5.61. The lowest BCUT2D eigenvalue weighted by atomic mass is 9.97. The maximum Gasteiger partial charge on any atom is 0.0794 e. The molecule has 0 amide bonds. The SMILES string of the molecule is Cc1ccc(C(Cc2cncs2)NN)c(C)c1. The molecule has 3 nitrogen and oxygen atoms in total. The lowest BCUT2D eigenvalue weighted by molar-refractivity contribution is 0.552. The minimum Gasteiger partial charge on any atom is -0.271 e. The molecule has 0 aliphatic carbocycles. The van der Waals surface area contributed by atoms with Gasteiger partial charge in [0.25, 0.3) is 0 Å². The lowest BCUT2D eigenvalue weighted by Crippen LogP contribution is -2.29. The first-order valence-corrected chi connectivity index (χ1v) is 6.49. The van der Waals surface area contributed by atoms with Gasteiger partial charge in [-0.15, -0.1) is 11.3 Å². The van der Waals surface area contributed by atoms with Gasteiger partial charge in [0.2, 0.25) is 0 Å². The van der Waals surface area contributed by atoms with Crippen molar-refractivity contribution in [3.05, 3.63) is 51.5 Å². The predicted octanol–water partition coefficient (Wildman–Crippen LogP) is 2.51. The van der Waals surface area contributed by atoms with E-state index in [-0.39, 0.29) is 6.04 Å². The van der Waals surface area contributed by atoms with Gasteiger partial charge in [-0.05, 0) is 25.0 Å². The average Bonchev–Trinajstić information content (AvgIpc) is 2.79. The molecule has 3 N–H and O–H groups in total. The smallest absolute Gasteiger partial charge is 0.0794 e. The van der Waals surface area contributed by atoms with Crippen molar-refractivity contribution in [3.8, 4) is 0 Å². The first kappa shape index (κ1) is 12.2. The number of nitrogens with zero attached hydrogens (tertiary/aromatic N) is 1. The first-order chi connectivity index (χ1) is 8.20. The van der Waals surface area contributed by atoms with E-state index in [4.69, 9.17) is 5.84 Å². The van der Waals surface area contributed by atoms with Crippen molar-refractivity contribution in [2.45, 2.75) is 26.3 Å². The van der Waals surface area contributed by atoms with Gasteiger partial charge in [0.15, 0.2) is 0 Å². The van der Waals surface area contributed by atoms with Crippen LogP contribution >= 0.6 is 11.3 Å². The van der Waals surface area contributed by atoms with E-state index in [0.29, 0.717) is 0 Å². The number of hydrogen-bond donors (Lipinski definition) is 2. The van der Waals surface area contributed by atoms with E-state index in [1.54, 1.807) is 11.3 Å². The van der Waals surface area contributed by atoms with Crippen molar-refractivity contribution in [2.24, 2.45) is 5.84 Å². The Balaban J connectivity index is 2.23. The van der Waals surface area contributed by atoms with Crippen molar-refractivity contribution in [1.82, 2.24) is 10.4 Å². The van der Waals surface area contributed by atoms with E-state index in [1.165, 1.54) is 21.6 Å². The monoisotopic (exact) mass is 247 g/mol. The Morgan fingerprint density at radius 3 is 2.82 bits per heavy atom. The molecule has 2 rings (SSSR count). The van der Waals surface area contributed by atoms with Crippen LogP contribution in [0, 0.1) is 13.8 Å². The zero-order valence-electron chi connectivity index (χ0n) is 10.1. The maximum atomic E-state index is 5.66. The Morgan fingerprint density at radius 2 is 2.24 bits per heavy atom. The second-order valence-corrected chi connectivity index (χ2v) is 5.22. The van der Waals surface area contributed by atoms with E-state index in [2.05, 4.69) is 42.5 Å². The Bertz CT molecular complexity index is 479. The fourth-order valence-corrected chi connectivity index (χ4v) is 2.66. The van der Waals surface area contributed by atoms with Crippen LogP contribution in [-0.4, -0.2) is 4.98 Å². The molecule has 0 bridgehead atoms. The maximum absolute atomic E-state index is 5.66. The van der Waals surface area contributed by atoms with Crippen molar-refractivity contribution in [1.29, 1.82) is 0 Å². The molecule has 1 aromatic heterocycles. The molecule has 0 saturated heterocycles. The lowest BCUT2D eigenvalue weighted by Gasteiger charge is -2.18. The highest BCUT2D eigenvalue weighted by molar-refractivity contribution is 7.09. The van der Waals surface area contributed by atoms with Crippen LogP contribution in [0.15, 0.2) is 29.9 Å². The second kappa shape index (κ2) is 5.40. The summed E-state index contributed by atoms with van der Waals surface area (Å²) in [4.78, 5) is 5.33. The second-order valence-electron chi connectivity index (χ2n) is 4.25. The number of aryl methyl sites for hydroxylation is 2. The molecule has 0 fully saturated rings. The van der Waals surface area contributed by atoms with Gasteiger partial charge in [0.05, 0.1) is 11.6 Å². The van der Waals surface area contributed by atoms with E-state index in [0.717, 1.165) is 6.42 Å². The van der Waals surface area contributed by atoms with Gasteiger partial charge >= 0.3 is 0 Å². The van der Waals surface area contributed by atoms with E-state index >= 15 is 0 Å². The number of aromatic nitrogens is 1. The highest BCUT2D eigenvalue weighted by Crippen LogP contribution is 2.23. The summed E-state index contributed by atoms with van der Waals surface area (Å²) in [5.74, 6) is 5.66. The van der Waals surface area contributed by atoms with Crippen molar-refractivity contribution < 1.29 is 0 Å². The zero-order valence-corrected chi connectivity index (χ0v) is 10.9. The molecule has 17 heavy (non-hydrogen) atoms. The van der Waals surface area contributed by atoms with E-state index in [9.17, 15) is 0 Å². The molecule has 2 aromatic rings. The molecule has 1 unspecified atom stereocenters. The van der Waals surface area contributed by atoms with Crippen LogP contribution in [0.1, 0.15) is 27.6 Å². The quantitative estimate of drug-likeness (QED) is 0.644. The Morgan fingerprint density at radius 1 is 1.41 bits per heavy atom. The van der Waals surface area contributed by atoms with Gasteiger partial charge in [0, 0.05) is 17.5 Å². The van der Waals surface area contributed by atoms with Gasteiger partial charge in [-0.25, -0.2) is 0 Å². The number of thiazole rings is 1. The van der Waals surface area contributed by atoms with Crippen LogP contribution in [0.2, 0.25) is 0 Å². The van der Waals surface area contributed by atoms with Gasteiger partial charge in [0.1, 0.15) is 0 Å². The zero-order chi connectivity index (χ0) is 12.3. The standard InChI is InChI=1S/C13H17N3S/c1-9-3-4-12(10(2)5-9)13(16-14)6-11-7-15-8-17-11/h3-5,7-8,13,16H,6,14H2,1-2H3. The average molecular weight is 247 g/mol. The molecule has 0 aliphatic heterocycles. The summed E-state index contributed by atoms with van der Waals surface area (Å²) in [5.41, 5.74) is 8.56. The number of nitrogens with one attached hydrogen (secondary N) is 1.